The molecule has 2 rings (SSSR count). The standard InChI is InChI=1S/C12H19N3/c1-10-3-2-6-15(9-10)12-4-5-14-8-11(12)7-13/h4-5,8,10H,2-3,6-7,9,13H2,1H3/t10-/m1/s1. The molecule has 0 radical (unpaired) electrons. The highest BCUT2D eigenvalue weighted by Crippen LogP contribution is 2.25. The van der Waals surface area contributed by atoms with Crippen molar-refractivity contribution < 1.29 is 0 Å². The monoisotopic (exact) mass is 205 g/mol. The predicted octanol–water partition coefficient (Wildman–Crippen LogP) is 1.78. The summed E-state index contributed by atoms with van der Waals surface area (Å²) in [5.41, 5.74) is 8.16. The zero-order valence-electron chi connectivity index (χ0n) is 9.32. The molecule has 0 aromatic carbocycles. The SMILES string of the molecule is C[C@@H]1CCCN(c2ccncc2CN)C1. The summed E-state index contributed by atoms with van der Waals surface area (Å²) in [5, 5.41) is 0. The van der Waals surface area contributed by atoms with Crippen LogP contribution in [0, 0.1) is 5.92 Å². The Labute approximate surface area is 91.3 Å². The van der Waals surface area contributed by atoms with Gasteiger partial charge in [-0.25, -0.2) is 0 Å². The zero-order valence-corrected chi connectivity index (χ0v) is 9.32. The van der Waals surface area contributed by atoms with E-state index >= 15 is 0 Å². The molecule has 0 aliphatic carbocycles. The van der Waals surface area contributed by atoms with Crippen LogP contribution in [0.1, 0.15) is 25.3 Å². The average Bonchev–Trinajstić information content (AvgIpc) is 2.29. The Morgan fingerprint density at radius 2 is 2.47 bits per heavy atom. The fraction of sp³-hybridized carbons (Fsp3) is 0.583. The summed E-state index contributed by atoms with van der Waals surface area (Å²) in [5.74, 6) is 0.789. The number of pyridine rings is 1. The van der Waals surface area contributed by atoms with Crippen LogP contribution in [0.3, 0.4) is 0 Å². The second-order valence-corrected chi connectivity index (χ2v) is 4.40. The Balaban J connectivity index is 2.20. The number of anilines is 1. The minimum atomic E-state index is 0.577. The predicted molar refractivity (Wildman–Crippen MR) is 62.7 cm³/mol. The lowest BCUT2D eigenvalue weighted by Crippen LogP contribution is -2.35. The third-order valence-corrected chi connectivity index (χ3v) is 3.10. The van der Waals surface area contributed by atoms with Gasteiger partial charge in [-0.05, 0) is 24.8 Å². The molecular weight excluding hydrogens is 186 g/mol. The van der Waals surface area contributed by atoms with Gasteiger partial charge >= 0.3 is 0 Å². The molecule has 1 aliphatic heterocycles. The van der Waals surface area contributed by atoms with Gasteiger partial charge in [-0.15, -0.1) is 0 Å². The Bertz CT molecular complexity index is 324. The van der Waals surface area contributed by atoms with E-state index in [0.717, 1.165) is 24.6 Å². The maximum absolute atomic E-state index is 5.73. The lowest BCUT2D eigenvalue weighted by Gasteiger charge is -2.33. The van der Waals surface area contributed by atoms with Crippen molar-refractivity contribution in [2.45, 2.75) is 26.3 Å². The number of piperidine rings is 1. The number of aromatic nitrogens is 1. The van der Waals surface area contributed by atoms with E-state index < -0.39 is 0 Å². The van der Waals surface area contributed by atoms with Crippen LogP contribution in [0.2, 0.25) is 0 Å². The fourth-order valence-electron chi connectivity index (χ4n) is 2.29. The van der Waals surface area contributed by atoms with Crippen molar-refractivity contribution in [2.75, 3.05) is 18.0 Å². The number of hydrogen-bond donors (Lipinski definition) is 1. The van der Waals surface area contributed by atoms with Gasteiger partial charge in [-0.2, -0.15) is 0 Å². The van der Waals surface area contributed by atoms with Crippen LogP contribution in [0.25, 0.3) is 0 Å². The van der Waals surface area contributed by atoms with E-state index in [0.29, 0.717) is 6.54 Å². The summed E-state index contributed by atoms with van der Waals surface area (Å²) in [6.45, 7) is 5.20. The molecule has 3 nitrogen and oxygen atoms in total. The summed E-state index contributed by atoms with van der Waals surface area (Å²) < 4.78 is 0. The Hall–Kier alpha value is -1.09. The highest BCUT2D eigenvalue weighted by molar-refractivity contribution is 5.52. The lowest BCUT2D eigenvalue weighted by molar-refractivity contribution is 0.446. The molecule has 1 aromatic heterocycles. The molecule has 0 unspecified atom stereocenters. The Kier molecular flexibility index (Phi) is 3.21. The van der Waals surface area contributed by atoms with E-state index in [1.165, 1.54) is 18.5 Å². The molecule has 2 heterocycles. The quantitative estimate of drug-likeness (QED) is 0.800. The van der Waals surface area contributed by atoms with Crippen LogP contribution >= 0.6 is 0 Å². The molecule has 3 heteroatoms. The van der Waals surface area contributed by atoms with Gasteiger partial charge in [-0.3, -0.25) is 4.98 Å². The minimum Gasteiger partial charge on any atom is -0.371 e. The Morgan fingerprint density at radius 3 is 3.20 bits per heavy atom. The minimum absolute atomic E-state index is 0.577. The molecule has 1 atom stereocenters. The first-order valence-electron chi connectivity index (χ1n) is 5.69. The van der Waals surface area contributed by atoms with Gasteiger partial charge in [0.15, 0.2) is 0 Å². The van der Waals surface area contributed by atoms with Crippen molar-refractivity contribution in [3.8, 4) is 0 Å². The summed E-state index contributed by atoms with van der Waals surface area (Å²) in [6, 6.07) is 2.08. The van der Waals surface area contributed by atoms with E-state index in [1.54, 1.807) is 0 Å². The van der Waals surface area contributed by atoms with Crippen molar-refractivity contribution in [3.05, 3.63) is 24.0 Å². The van der Waals surface area contributed by atoms with Gasteiger partial charge in [0, 0.05) is 43.3 Å². The summed E-state index contributed by atoms with van der Waals surface area (Å²) in [6.07, 6.45) is 6.37. The topological polar surface area (TPSA) is 42.2 Å². The van der Waals surface area contributed by atoms with E-state index in [-0.39, 0.29) is 0 Å². The maximum atomic E-state index is 5.73. The first-order valence-corrected chi connectivity index (χ1v) is 5.69. The number of rotatable bonds is 2. The number of nitrogens with zero attached hydrogens (tertiary/aromatic N) is 2. The first kappa shape index (κ1) is 10.4. The summed E-state index contributed by atoms with van der Waals surface area (Å²) in [4.78, 5) is 6.57. The second kappa shape index (κ2) is 4.62. The molecule has 0 bridgehead atoms. The molecule has 1 aromatic rings. The smallest absolute Gasteiger partial charge is 0.0442 e. The summed E-state index contributed by atoms with van der Waals surface area (Å²) in [7, 11) is 0. The van der Waals surface area contributed by atoms with Crippen molar-refractivity contribution >= 4 is 5.69 Å². The Morgan fingerprint density at radius 1 is 1.60 bits per heavy atom. The molecule has 1 aliphatic rings. The second-order valence-electron chi connectivity index (χ2n) is 4.40. The van der Waals surface area contributed by atoms with Crippen LogP contribution < -0.4 is 10.6 Å². The van der Waals surface area contributed by atoms with Crippen LogP contribution in [0.5, 0.6) is 0 Å². The highest BCUT2D eigenvalue weighted by Gasteiger charge is 2.18. The normalized spacial score (nSPS) is 21.7. The number of nitrogens with two attached hydrogens (primary N) is 1. The largest absolute Gasteiger partial charge is 0.371 e. The van der Waals surface area contributed by atoms with Gasteiger partial charge in [0.2, 0.25) is 0 Å². The average molecular weight is 205 g/mol. The van der Waals surface area contributed by atoms with Crippen molar-refractivity contribution in [2.24, 2.45) is 11.7 Å². The molecule has 0 saturated carbocycles. The van der Waals surface area contributed by atoms with Crippen LogP contribution in [-0.2, 0) is 6.54 Å². The van der Waals surface area contributed by atoms with E-state index in [9.17, 15) is 0 Å². The number of hydrogen-bond acceptors (Lipinski definition) is 3. The maximum Gasteiger partial charge on any atom is 0.0442 e. The molecule has 1 saturated heterocycles. The molecule has 2 N–H and O–H groups in total. The third kappa shape index (κ3) is 2.29. The highest BCUT2D eigenvalue weighted by atomic mass is 15.1. The van der Waals surface area contributed by atoms with Crippen LogP contribution in [-0.4, -0.2) is 18.1 Å². The van der Waals surface area contributed by atoms with E-state index in [1.807, 2.05) is 12.4 Å². The third-order valence-electron chi connectivity index (χ3n) is 3.10. The van der Waals surface area contributed by atoms with Gasteiger partial charge in [0.05, 0.1) is 0 Å². The van der Waals surface area contributed by atoms with Gasteiger partial charge < -0.3 is 10.6 Å². The van der Waals surface area contributed by atoms with Crippen molar-refractivity contribution in [1.82, 2.24) is 4.98 Å². The van der Waals surface area contributed by atoms with Crippen molar-refractivity contribution in [3.63, 3.8) is 0 Å². The van der Waals surface area contributed by atoms with E-state index in [4.69, 9.17) is 5.73 Å². The van der Waals surface area contributed by atoms with Gasteiger partial charge in [0.25, 0.3) is 0 Å². The van der Waals surface area contributed by atoms with Crippen LogP contribution in [0.4, 0.5) is 5.69 Å². The molecule has 0 amide bonds. The van der Waals surface area contributed by atoms with Gasteiger partial charge in [-0.1, -0.05) is 6.92 Å². The van der Waals surface area contributed by atoms with Crippen molar-refractivity contribution in [1.29, 1.82) is 0 Å². The molecule has 1 fully saturated rings. The summed E-state index contributed by atoms with van der Waals surface area (Å²) >= 11 is 0. The molecule has 15 heavy (non-hydrogen) atoms. The fourth-order valence-corrected chi connectivity index (χ4v) is 2.29. The van der Waals surface area contributed by atoms with Gasteiger partial charge in [0.1, 0.15) is 0 Å². The molecular formula is C12H19N3. The van der Waals surface area contributed by atoms with Crippen LogP contribution in [0.15, 0.2) is 18.5 Å². The zero-order chi connectivity index (χ0) is 10.7. The molecule has 82 valence electrons. The lowest BCUT2D eigenvalue weighted by atomic mass is 9.99. The van der Waals surface area contributed by atoms with E-state index in [2.05, 4.69) is 22.9 Å². The first-order chi connectivity index (χ1) is 7.31. The molecule has 0 spiro atoms.